The molecule has 0 aliphatic carbocycles. The number of phenolic OH excluding ortho intramolecular Hbond substituents is 1. The summed E-state index contributed by atoms with van der Waals surface area (Å²) in [5.41, 5.74) is 20.3. The quantitative estimate of drug-likeness (QED) is 0.0108. The minimum atomic E-state index is -4.83. The summed E-state index contributed by atoms with van der Waals surface area (Å²) in [6, 6.07) is 25.5. The number of non-ortho nitro benzene ring substituents is 1. The predicted octanol–water partition coefficient (Wildman–Crippen LogP) is 9.22. The van der Waals surface area contributed by atoms with Gasteiger partial charge >= 0.3 is 0 Å². The molecule has 25 heteroatoms. The molecule has 6 aromatic rings. The summed E-state index contributed by atoms with van der Waals surface area (Å²) in [5, 5.41) is 56.7. The third kappa shape index (κ3) is 11.3. The van der Waals surface area contributed by atoms with E-state index in [4.69, 9.17) is 22.5 Å². The summed E-state index contributed by atoms with van der Waals surface area (Å²) in [4.78, 5) is 9.72. The van der Waals surface area contributed by atoms with Crippen LogP contribution in [0.15, 0.2) is 149 Å². The second-order valence-corrected chi connectivity index (χ2v) is 16.1. The number of hydrogen-bond donors (Lipinski definition) is 7. The fourth-order valence-corrected chi connectivity index (χ4v) is 7.40. The molecule has 0 saturated carbocycles. The molecular weight excluding hydrogens is 859 g/mol. The number of anilines is 4. The van der Waals surface area contributed by atoms with E-state index in [-0.39, 0.29) is 43.3 Å². The highest BCUT2D eigenvalue weighted by molar-refractivity contribution is 7.94. The van der Waals surface area contributed by atoms with Gasteiger partial charge in [-0.1, -0.05) is 22.7 Å². The molecule has 0 bridgehead atoms. The molecule has 0 amide bonds. The number of hydrogen-bond acceptors (Lipinski definition) is 20. The Bertz CT molecular complexity index is 2900. The van der Waals surface area contributed by atoms with E-state index in [2.05, 4.69) is 44.8 Å². The van der Waals surface area contributed by atoms with E-state index in [1.165, 1.54) is 37.4 Å². The number of fused-ring (bicyclic) bond motifs is 1. The molecule has 0 unspecified atom stereocenters. The number of rotatable bonds is 13. The van der Waals surface area contributed by atoms with Gasteiger partial charge in [0.15, 0.2) is 5.75 Å². The Labute approximate surface area is 350 Å². The molecule has 0 atom stereocenters. The van der Waals surface area contributed by atoms with Crippen LogP contribution in [0.3, 0.4) is 0 Å². The summed E-state index contributed by atoms with van der Waals surface area (Å²) >= 11 is 0.420. The van der Waals surface area contributed by atoms with Gasteiger partial charge in [0.05, 0.1) is 54.9 Å². The minimum absolute atomic E-state index is 0.0241. The van der Waals surface area contributed by atoms with Crippen LogP contribution in [0.2, 0.25) is 0 Å². The molecule has 6 aromatic carbocycles. The molecule has 0 aliphatic rings. The third-order valence-corrected chi connectivity index (χ3v) is 10.9. The molecule has 0 heterocycles. The number of nitrogen functional groups attached to an aromatic ring is 3. The number of nitrogens with zero attached hydrogens (tertiary/aromatic N) is 7. The lowest BCUT2D eigenvalue weighted by atomic mass is 10.1. The van der Waals surface area contributed by atoms with Gasteiger partial charge in [0.2, 0.25) is 0 Å². The Morgan fingerprint density at radius 2 is 1.41 bits per heavy atom. The first-order chi connectivity index (χ1) is 28.9. The Kier molecular flexibility index (Phi) is 14.2. The summed E-state index contributed by atoms with van der Waals surface area (Å²) < 4.78 is 64.9. The van der Waals surface area contributed by atoms with Crippen LogP contribution in [-0.4, -0.2) is 43.7 Å². The summed E-state index contributed by atoms with van der Waals surface area (Å²) in [6.07, 6.45) is 0. The van der Waals surface area contributed by atoms with E-state index < -0.39 is 41.4 Å². The van der Waals surface area contributed by atoms with Crippen LogP contribution in [0, 0.1) is 17.0 Å². The Morgan fingerprint density at radius 3 is 1.98 bits per heavy atom. The first kappa shape index (κ1) is 45.0. The summed E-state index contributed by atoms with van der Waals surface area (Å²) in [6.45, 7) is 1.90. The first-order valence-electron chi connectivity index (χ1n) is 16.9. The van der Waals surface area contributed by atoms with Crippen LogP contribution >= 0.6 is 12.0 Å². The van der Waals surface area contributed by atoms with Crippen molar-refractivity contribution in [3.63, 3.8) is 0 Å². The van der Waals surface area contributed by atoms with Gasteiger partial charge in [0, 0.05) is 30.6 Å². The highest BCUT2D eigenvalue weighted by atomic mass is 32.2. The van der Waals surface area contributed by atoms with Gasteiger partial charge in [0.25, 0.3) is 25.8 Å². The van der Waals surface area contributed by atoms with Gasteiger partial charge < -0.3 is 22.3 Å². The number of aromatic hydroxyl groups is 1. The fourth-order valence-electron chi connectivity index (χ4n) is 5.18. The predicted molar refractivity (Wildman–Crippen MR) is 226 cm³/mol. The smallest absolute Gasteiger partial charge is 0.296 e. The number of sulfonamides is 1. The van der Waals surface area contributed by atoms with Crippen molar-refractivity contribution >= 4 is 99.8 Å². The highest BCUT2D eigenvalue weighted by Gasteiger charge is 2.25. The number of aryl methyl sites for hydroxylation is 1. The largest absolute Gasteiger partial charge is 0.505 e. The molecule has 0 fully saturated rings. The van der Waals surface area contributed by atoms with E-state index in [1.807, 2.05) is 6.92 Å². The van der Waals surface area contributed by atoms with Crippen molar-refractivity contribution < 1.29 is 46.0 Å². The average Bonchev–Trinajstić information content (AvgIpc) is 3.21. The lowest BCUT2D eigenvalue weighted by Gasteiger charge is -2.14. The van der Waals surface area contributed by atoms with Crippen LogP contribution in [0.25, 0.3) is 10.8 Å². The normalized spacial score (nSPS) is 11.9. The van der Waals surface area contributed by atoms with Gasteiger partial charge in [-0.15, -0.1) is 14.6 Å². The Hall–Kier alpha value is -7.13. The average molecular weight is 892 g/mol. The number of nitro benzene ring substituents is 1. The molecule has 10 N–H and O–H groups in total. The number of nitro groups is 1. The maximum atomic E-state index is 12.4. The summed E-state index contributed by atoms with van der Waals surface area (Å²) in [7, 11) is -7.25. The van der Waals surface area contributed by atoms with E-state index >= 15 is 0 Å². The minimum Gasteiger partial charge on any atom is -0.505 e. The van der Waals surface area contributed by atoms with E-state index in [0.717, 1.165) is 11.6 Å². The van der Waals surface area contributed by atoms with Crippen molar-refractivity contribution in [3.8, 4) is 5.75 Å². The lowest BCUT2D eigenvalue weighted by molar-refractivity contribution is -0.432. The number of phenols is 1. The van der Waals surface area contributed by atoms with Crippen LogP contribution in [0.4, 0.5) is 56.9 Å². The molecular formula is C36H33N11O11S3. The number of nitrogens with one attached hydrogen (secondary N) is 1. The molecule has 61 heavy (non-hydrogen) atoms. The van der Waals surface area contributed by atoms with Crippen molar-refractivity contribution in [2.24, 2.45) is 30.7 Å². The molecule has 0 aromatic heterocycles. The fraction of sp³-hybridized carbons (Fsp3) is 0.0556. The molecule has 0 radical (unpaired) electrons. The zero-order valence-electron chi connectivity index (χ0n) is 31.5. The van der Waals surface area contributed by atoms with Crippen molar-refractivity contribution in [1.29, 1.82) is 0 Å². The Morgan fingerprint density at radius 1 is 0.787 bits per heavy atom. The second kappa shape index (κ2) is 19.3. The van der Waals surface area contributed by atoms with Crippen molar-refractivity contribution in [2.75, 3.05) is 29.0 Å². The van der Waals surface area contributed by atoms with Crippen LogP contribution < -0.4 is 21.9 Å². The first-order valence-corrected chi connectivity index (χ1v) is 20.5. The molecule has 0 spiro atoms. The van der Waals surface area contributed by atoms with E-state index in [1.54, 1.807) is 66.7 Å². The molecule has 0 saturated heterocycles. The van der Waals surface area contributed by atoms with Crippen LogP contribution in [0.5, 0.6) is 5.75 Å². The van der Waals surface area contributed by atoms with Crippen molar-refractivity contribution in [2.45, 2.75) is 21.6 Å². The van der Waals surface area contributed by atoms with E-state index in [9.17, 15) is 36.6 Å². The number of azo groups is 3. The standard InChI is InChI=1S/C19H19N5O2S.C17H14N6O9S2/c1-13-2-9-17(10-3-13)27(25,26)24-16-7-5-15(6-8-16)22-23-19-11-4-14(20)12-18(19)21;1-19-21-16-12(34(28,29)30)7-8-6-11(33-32-31-27)15(14(18)13(8)17(16)24)22-20-9-2-4-10(5-3-9)23(25)26/h2-12,24H,20-21H2,1H3;2-7,24,27H,18H2,1H3,(H,28,29,30). The zero-order chi connectivity index (χ0) is 44.5. The SMILES string of the molecule is CN=Nc1c(S(=O)(=O)O)cc2cc(SOOO)c(N=Nc3ccc([N+](=O)[O-])cc3)c(N)c2c1O.Cc1ccc(S(=O)(=O)Nc2ccc(N=Nc3ccc(N)cc3N)cc2)cc1. The third-order valence-electron chi connectivity index (χ3n) is 8.05. The second-order valence-electron chi connectivity index (χ2n) is 12.3. The highest BCUT2D eigenvalue weighted by Crippen LogP contribution is 2.49. The Balaban J connectivity index is 0.000000237. The van der Waals surface area contributed by atoms with Gasteiger partial charge in [-0.2, -0.15) is 28.9 Å². The number of nitrogens with two attached hydrogens (primary N) is 3. The summed E-state index contributed by atoms with van der Waals surface area (Å²) in [5.74, 6) is -0.712. The van der Waals surface area contributed by atoms with Crippen LogP contribution in [-0.2, 0) is 29.5 Å². The monoisotopic (exact) mass is 891 g/mol. The van der Waals surface area contributed by atoms with Gasteiger partial charge in [-0.3, -0.25) is 19.4 Å². The molecule has 0 aliphatic heterocycles. The van der Waals surface area contributed by atoms with E-state index in [0.29, 0.717) is 40.5 Å². The molecule has 22 nitrogen and oxygen atoms in total. The van der Waals surface area contributed by atoms with Gasteiger partial charge in [-0.25, -0.2) is 13.7 Å². The van der Waals surface area contributed by atoms with Gasteiger partial charge in [0.1, 0.15) is 22.0 Å². The molecule has 316 valence electrons. The van der Waals surface area contributed by atoms with Gasteiger partial charge in [-0.05, 0) is 91.2 Å². The molecule has 6 rings (SSSR count). The topological polar surface area (TPSA) is 355 Å². The van der Waals surface area contributed by atoms with Crippen LogP contribution in [0.1, 0.15) is 5.56 Å². The maximum absolute atomic E-state index is 12.4. The number of benzene rings is 6. The maximum Gasteiger partial charge on any atom is 0.296 e. The van der Waals surface area contributed by atoms with Crippen molar-refractivity contribution in [1.82, 2.24) is 0 Å². The zero-order valence-corrected chi connectivity index (χ0v) is 34.0. The lowest BCUT2D eigenvalue weighted by Crippen LogP contribution is -2.12. The van der Waals surface area contributed by atoms with Crippen molar-refractivity contribution in [3.05, 3.63) is 119 Å².